The van der Waals surface area contributed by atoms with E-state index in [1.165, 1.54) is 0 Å². The zero-order chi connectivity index (χ0) is 16.5. The second kappa shape index (κ2) is 9.17. The van der Waals surface area contributed by atoms with Gasteiger partial charge in [0, 0.05) is 37.3 Å². The van der Waals surface area contributed by atoms with Crippen LogP contribution in [0.5, 0.6) is 0 Å². The van der Waals surface area contributed by atoms with E-state index in [9.17, 15) is 9.59 Å². The summed E-state index contributed by atoms with van der Waals surface area (Å²) in [6.07, 6.45) is 0. The number of carbonyl (C=O) groups excluding carboxylic acids is 2. The third-order valence-corrected chi connectivity index (χ3v) is 3.08. The summed E-state index contributed by atoms with van der Waals surface area (Å²) in [5.74, 6) is -0.324. The number of nitrogens with zero attached hydrogens (tertiary/aromatic N) is 2. The van der Waals surface area contributed by atoms with Gasteiger partial charge in [0.15, 0.2) is 0 Å². The van der Waals surface area contributed by atoms with Gasteiger partial charge in [-0.15, -0.1) is 0 Å². The van der Waals surface area contributed by atoms with E-state index in [1.807, 2.05) is 38.0 Å². The van der Waals surface area contributed by atoms with Gasteiger partial charge in [0.05, 0.1) is 0 Å². The molecule has 1 rings (SSSR count). The van der Waals surface area contributed by atoms with Gasteiger partial charge in [-0.2, -0.15) is 0 Å². The zero-order valence-corrected chi connectivity index (χ0v) is 13.8. The maximum atomic E-state index is 12.0. The first-order valence-electron chi connectivity index (χ1n) is 7.36. The summed E-state index contributed by atoms with van der Waals surface area (Å²) in [5.41, 5.74) is 0.998. The Morgan fingerprint density at radius 3 is 1.64 bits per heavy atom. The van der Waals surface area contributed by atoms with Gasteiger partial charge in [0.25, 0.3) is 11.8 Å². The highest BCUT2D eigenvalue weighted by molar-refractivity contribution is 5.99. The number of hydrogen-bond acceptors (Lipinski definition) is 4. The van der Waals surface area contributed by atoms with Crippen LogP contribution >= 0.6 is 0 Å². The molecule has 0 aliphatic heterocycles. The van der Waals surface area contributed by atoms with Crippen molar-refractivity contribution in [2.75, 3.05) is 54.4 Å². The molecule has 0 aromatic heterocycles. The summed E-state index contributed by atoms with van der Waals surface area (Å²) in [5, 5.41) is 5.67. The molecule has 0 unspecified atom stereocenters. The van der Waals surface area contributed by atoms with E-state index >= 15 is 0 Å². The van der Waals surface area contributed by atoms with E-state index in [0.29, 0.717) is 24.2 Å². The normalized spacial score (nSPS) is 10.8. The molecule has 0 radical (unpaired) electrons. The third kappa shape index (κ3) is 6.69. The van der Waals surface area contributed by atoms with Crippen molar-refractivity contribution < 1.29 is 9.59 Å². The molecule has 0 saturated heterocycles. The van der Waals surface area contributed by atoms with Gasteiger partial charge in [0.1, 0.15) is 0 Å². The molecule has 2 amide bonds. The molecule has 6 heteroatoms. The molecule has 1 aromatic carbocycles. The van der Waals surface area contributed by atoms with Crippen molar-refractivity contribution in [3.8, 4) is 0 Å². The number of rotatable bonds is 8. The Morgan fingerprint density at radius 1 is 0.864 bits per heavy atom. The minimum Gasteiger partial charge on any atom is -0.351 e. The summed E-state index contributed by atoms with van der Waals surface area (Å²) in [4.78, 5) is 28.1. The van der Waals surface area contributed by atoms with Crippen LogP contribution in [0.1, 0.15) is 20.7 Å². The molecular weight excluding hydrogens is 280 g/mol. The number of hydrogen-bond donors (Lipinski definition) is 2. The Hall–Kier alpha value is -1.92. The lowest BCUT2D eigenvalue weighted by atomic mass is 10.1. The van der Waals surface area contributed by atoms with Gasteiger partial charge in [-0.3, -0.25) is 9.59 Å². The number of nitrogens with one attached hydrogen (secondary N) is 2. The van der Waals surface area contributed by atoms with Crippen LogP contribution in [0.15, 0.2) is 24.3 Å². The fourth-order valence-electron chi connectivity index (χ4n) is 1.79. The van der Waals surface area contributed by atoms with E-state index in [1.54, 1.807) is 24.3 Å². The van der Waals surface area contributed by atoms with Crippen molar-refractivity contribution in [3.05, 3.63) is 35.4 Å². The molecule has 0 aliphatic carbocycles. The fourth-order valence-corrected chi connectivity index (χ4v) is 1.79. The summed E-state index contributed by atoms with van der Waals surface area (Å²) in [6, 6.07) is 6.76. The van der Waals surface area contributed by atoms with Crippen molar-refractivity contribution in [1.29, 1.82) is 0 Å². The molecule has 122 valence electrons. The highest BCUT2D eigenvalue weighted by Gasteiger charge is 2.10. The van der Waals surface area contributed by atoms with Crippen LogP contribution in [0.4, 0.5) is 0 Å². The Kier molecular flexibility index (Phi) is 7.56. The van der Waals surface area contributed by atoms with Gasteiger partial charge in [-0.1, -0.05) is 6.07 Å². The number of carbonyl (C=O) groups is 2. The molecule has 0 spiro atoms. The smallest absolute Gasteiger partial charge is 0.251 e. The van der Waals surface area contributed by atoms with Crippen molar-refractivity contribution in [2.24, 2.45) is 0 Å². The first-order chi connectivity index (χ1) is 10.4. The quantitative estimate of drug-likeness (QED) is 0.723. The van der Waals surface area contributed by atoms with Gasteiger partial charge in [-0.25, -0.2) is 0 Å². The van der Waals surface area contributed by atoms with Crippen molar-refractivity contribution in [2.45, 2.75) is 0 Å². The first-order valence-corrected chi connectivity index (χ1v) is 7.36. The van der Waals surface area contributed by atoms with E-state index in [2.05, 4.69) is 10.6 Å². The Morgan fingerprint density at radius 2 is 1.27 bits per heavy atom. The maximum Gasteiger partial charge on any atom is 0.251 e. The number of benzene rings is 1. The Labute approximate surface area is 132 Å². The standard InChI is InChI=1S/C16H26N4O2/c1-19(2)10-8-17-15(21)13-6-5-7-14(12-13)16(22)18-9-11-20(3)4/h5-7,12H,8-11H2,1-4H3,(H,17,21)(H,18,22). The van der Waals surface area contributed by atoms with Crippen molar-refractivity contribution in [3.63, 3.8) is 0 Å². The summed E-state index contributed by atoms with van der Waals surface area (Å²) >= 11 is 0. The van der Waals surface area contributed by atoms with Gasteiger partial charge in [0.2, 0.25) is 0 Å². The highest BCUT2D eigenvalue weighted by atomic mass is 16.2. The Balaban J connectivity index is 2.57. The largest absolute Gasteiger partial charge is 0.351 e. The summed E-state index contributed by atoms with van der Waals surface area (Å²) in [6.45, 7) is 2.70. The maximum absolute atomic E-state index is 12.0. The lowest BCUT2D eigenvalue weighted by Crippen LogP contribution is -2.32. The number of amides is 2. The summed E-state index contributed by atoms with van der Waals surface area (Å²) in [7, 11) is 7.80. The zero-order valence-electron chi connectivity index (χ0n) is 13.8. The molecule has 6 nitrogen and oxygen atoms in total. The Bertz CT molecular complexity index is 459. The molecule has 0 heterocycles. The molecule has 0 atom stereocenters. The predicted molar refractivity (Wildman–Crippen MR) is 88.2 cm³/mol. The monoisotopic (exact) mass is 306 g/mol. The van der Waals surface area contributed by atoms with Crippen LogP contribution < -0.4 is 10.6 Å². The minimum atomic E-state index is -0.162. The van der Waals surface area contributed by atoms with Crippen LogP contribution in [-0.4, -0.2) is 76.0 Å². The lowest BCUT2D eigenvalue weighted by molar-refractivity contribution is 0.0950. The first kappa shape index (κ1) is 18.1. The lowest BCUT2D eigenvalue weighted by Gasteiger charge is -2.12. The molecule has 0 aliphatic rings. The average molecular weight is 306 g/mol. The van der Waals surface area contributed by atoms with Crippen LogP contribution in [0.3, 0.4) is 0 Å². The van der Waals surface area contributed by atoms with Gasteiger partial charge >= 0.3 is 0 Å². The van der Waals surface area contributed by atoms with Crippen LogP contribution in [0, 0.1) is 0 Å². The SMILES string of the molecule is CN(C)CCNC(=O)c1cccc(C(=O)NCCN(C)C)c1. The van der Waals surface area contributed by atoms with Crippen LogP contribution in [0.25, 0.3) is 0 Å². The van der Waals surface area contributed by atoms with E-state index < -0.39 is 0 Å². The second-order valence-electron chi connectivity index (χ2n) is 5.70. The van der Waals surface area contributed by atoms with Crippen LogP contribution in [-0.2, 0) is 0 Å². The molecule has 22 heavy (non-hydrogen) atoms. The minimum absolute atomic E-state index is 0.162. The summed E-state index contributed by atoms with van der Waals surface area (Å²) < 4.78 is 0. The van der Waals surface area contributed by atoms with E-state index in [0.717, 1.165) is 13.1 Å². The number of likely N-dealkylation sites (N-methyl/N-ethyl adjacent to an activating group) is 2. The van der Waals surface area contributed by atoms with E-state index in [4.69, 9.17) is 0 Å². The molecule has 2 N–H and O–H groups in total. The van der Waals surface area contributed by atoms with Gasteiger partial charge in [-0.05, 0) is 46.4 Å². The molecule has 0 saturated carbocycles. The van der Waals surface area contributed by atoms with E-state index in [-0.39, 0.29) is 11.8 Å². The van der Waals surface area contributed by atoms with Crippen molar-refractivity contribution in [1.82, 2.24) is 20.4 Å². The fraction of sp³-hybridized carbons (Fsp3) is 0.500. The average Bonchev–Trinajstić information content (AvgIpc) is 2.46. The van der Waals surface area contributed by atoms with Crippen molar-refractivity contribution >= 4 is 11.8 Å². The molecule has 0 fully saturated rings. The molecule has 1 aromatic rings. The molecule has 0 bridgehead atoms. The predicted octanol–water partition coefficient (Wildman–Crippen LogP) is 0.269. The second-order valence-corrected chi connectivity index (χ2v) is 5.70. The van der Waals surface area contributed by atoms with Crippen LogP contribution in [0.2, 0.25) is 0 Å². The topological polar surface area (TPSA) is 64.7 Å². The highest BCUT2D eigenvalue weighted by Crippen LogP contribution is 2.05. The third-order valence-electron chi connectivity index (χ3n) is 3.08. The molecular formula is C16H26N4O2. The van der Waals surface area contributed by atoms with Gasteiger partial charge < -0.3 is 20.4 Å².